The van der Waals surface area contributed by atoms with Gasteiger partial charge in [-0.15, -0.1) is 0 Å². The van der Waals surface area contributed by atoms with E-state index in [-0.39, 0.29) is 0 Å². The van der Waals surface area contributed by atoms with Gasteiger partial charge in [-0.1, -0.05) is 18.2 Å². The van der Waals surface area contributed by atoms with Crippen molar-refractivity contribution in [2.45, 2.75) is 25.8 Å². The molecule has 0 unspecified atom stereocenters. The van der Waals surface area contributed by atoms with E-state index in [0.29, 0.717) is 6.04 Å². The number of fused-ring (bicyclic) bond motifs is 1. The number of anilines is 1. The smallest absolute Gasteiger partial charge is 0.0997 e. The Kier molecular flexibility index (Phi) is 2.92. The molecule has 0 amide bonds. The average molecular weight is 278 g/mol. The van der Waals surface area contributed by atoms with E-state index in [9.17, 15) is 0 Å². The van der Waals surface area contributed by atoms with E-state index in [4.69, 9.17) is 9.40 Å². The van der Waals surface area contributed by atoms with Crippen LogP contribution in [0.4, 0.5) is 5.69 Å². The molecule has 1 aliphatic heterocycles. The summed E-state index contributed by atoms with van der Waals surface area (Å²) in [6.07, 6.45) is 5.99. The summed E-state index contributed by atoms with van der Waals surface area (Å²) in [5.41, 5.74) is 4.33. The van der Waals surface area contributed by atoms with E-state index in [1.807, 2.05) is 12.1 Å². The highest BCUT2D eigenvalue weighted by atomic mass is 16.3. The van der Waals surface area contributed by atoms with Crippen LogP contribution in [0, 0.1) is 0 Å². The summed E-state index contributed by atoms with van der Waals surface area (Å²) in [7, 11) is 0. The molecule has 0 N–H and O–H groups in total. The lowest BCUT2D eigenvalue weighted by Crippen LogP contribution is -2.27. The van der Waals surface area contributed by atoms with Crippen LogP contribution in [0.2, 0.25) is 0 Å². The molecule has 4 rings (SSSR count). The molecule has 0 saturated carbocycles. The van der Waals surface area contributed by atoms with Gasteiger partial charge in [0.05, 0.1) is 29.4 Å². The summed E-state index contributed by atoms with van der Waals surface area (Å²) in [6, 6.07) is 13.1. The number of rotatable bonds is 2. The first-order chi connectivity index (χ1) is 10.3. The molecule has 1 aliphatic rings. The van der Waals surface area contributed by atoms with Crippen LogP contribution in [-0.2, 0) is 0 Å². The van der Waals surface area contributed by atoms with Crippen molar-refractivity contribution in [3.05, 3.63) is 48.9 Å². The molecule has 1 atom stereocenters. The van der Waals surface area contributed by atoms with Crippen LogP contribution in [0.15, 0.2) is 53.3 Å². The lowest BCUT2D eigenvalue weighted by atomic mass is 10.1. The number of para-hydroxylation sites is 1. The van der Waals surface area contributed by atoms with E-state index in [0.717, 1.165) is 23.3 Å². The number of nitrogens with zero attached hydrogens (tertiary/aromatic N) is 2. The molecule has 3 aromatic rings. The van der Waals surface area contributed by atoms with Gasteiger partial charge in [0.25, 0.3) is 0 Å². The lowest BCUT2D eigenvalue weighted by molar-refractivity contribution is 0.568. The van der Waals surface area contributed by atoms with E-state index < -0.39 is 0 Å². The molecule has 106 valence electrons. The van der Waals surface area contributed by atoms with Crippen molar-refractivity contribution in [2.24, 2.45) is 0 Å². The largest absolute Gasteiger partial charge is 0.472 e. The Labute approximate surface area is 124 Å². The van der Waals surface area contributed by atoms with Gasteiger partial charge in [-0.25, -0.2) is 4.98 Å². The minimum absolute atomic E-state index is 0.568. The Morgan fingerprint density at radius 3 is 2.90 bits per heavy atom. The fourth-order valence-corrected chi connectivity index (χ4v) is 3.23. The first-order valence-electron chi connectivity index (χ1n) is 7.52. The van der Waals surface area contributed by atoms with Gasteiger partial charge in [0.1, 0.15) is 0 Å². The zero-order valence-electron chi connectivity index (χ0n) is 12.1. The third-order valence-electron chi connectivity index (χ3n) is 4.36. The number of pyridine rings is 1. The molecule has 1 saturated heterocycles. The topological polar surface area (TPSA) is 29.3 Å². The molecule has 21 heavy (non-hydrogen) atoms. The van der Waals surface area contributed by atoms with Crippen LogP contribution in [0.3, 0.4) is 0 Å². The van der Waals surface area contributed by atoms with Gasteiger partial charge < -0.3 is 9.32 Å². The Balaban J connectivity index is 1.95. The minimum Gasteiger partial charge on any atom is -0.472 e. The van der Waals surface area contributed by atoms with Crippen molar-refractivity contribution in [3.8, 4) is 11.3 Å². The summed E-state index contributed by atoms with van der Waals surface area (Å²) in [5, 5.41) is 1.19. The highest BCUT2D eigenvalue weighted by molar-refractivity contribution is 5.89. The molecule has 0 spiro atoms. The number of hydrogen-bond donors (Lipinski definition) is 0. The van der Waals surface area contributed by atoms with Crippen molar-refractivity contribution in [3.63, 3.8) is 0 Å². The molecule has 0 aliphatic carbocycles. The first-order valence-corrected chi connectivity index (χ1v) is 7.52. The number of benzene rings is 1. The van der Waals surface area contributed by atoms with Gasteiger partial charge in [0.15, 0.2) is 0 Å². The third kappa shape index (κ3) is 2.09. The first kappa shape index (κ1) is 12.5. The molecule has 0 radical (unpaired) electrons. The maximum absolute atomic E-state index is 5.27. The second-order valence-corrected chi connectivity index (χ2v) is 5.75. The fourth-order valence-electron chi connectivity index (χ4n) is 3.23. The molecule has 3 nitrogen and oxygen atoms in total. The maximum Gasteiger partial charge on any atom is 0.0997 e. The van der Waals surface area contributed by atoms with Crippen molar-refractivity contribution in [2.75, 3.05) is 11.4 Å². The summed E-state index contributed by atoms with van der Waals surface area (Å²) in [6.45, 7) is 3.40. The van der Waals surface area contributed by atoms with Gasteiger partial charge in [-0.2, -0.15) is 0 Å². The Morgan fingerprint density at radius 2 is 2.14 bits per heavy atom. The second kappa shape index (κ2) is 4.92. The van der Waals surface area contributed by atoms with Crippen molar-refractivity contribution < 1.29 is 4.42 Å². The van der Waals surface area contributed by atoms with Crippen LogP contribution in [0.5, 0.6) is 0 Å². The third-order valence-corrected chi connectivity index (χ3v) is 4.36. The van der Waals surface area contributed by atoms with Crippen molar-refractivity contribution in [1.29, 1.82) is 0 Å². The average Bonchev–Trinajstić information content (AvgIpc) is 3.17. The van der Waals surface area contributed by atoms with Crippen LogP contribution in [0.25, 0.3) is 22.2 Å². The van der Waals surface area contributed by atoms with E-state index >= 15 is 0 Å². The van der Waals surface area contributed by atoms with Gasteiger partial charge in [-0.05, 0) is 38.0 Å². The molecule has 0 bridgehead atoms. The quantitative estimate of drug-likeness (QED) is 0.692. The molecular formula is C18H18N2O. The monoisotopic (exact) mass is 278 g/mol. The number of hydrogen-bond acceptors (Lipinski definition) is 3. The molecular weight excluding hydrogens is 260 g/mol. The highest BCUT2D eigenvalue weighted by Crippen LogP contribution is 2.36. The molecule has 3 heteroatoms. The SMILES string of the molecule is C[C@H]1CCCN1c1cc2ccccc2nc1-c1ccoc1. The number of aromatic nitrogens is 1. The minimum atomic E-state index is 0.568. The zero-order chi connectivity index (χ0) is 14.2. The highest BCUT2D eigenvalue weighted by Gasteiger charge is 2.24. The van der Waals surface area contributed by atoms with Crippen LogP contribution < -0.4 is 4.90 Å². The Morgan fingerprint density at radius 1 is 1.24 bits per heavy atom. The fraction of sp³-hybridized carbons (Fsp3) is 0.278. The maximum atomic E-state index is 5.27. The van der Waals surface area contributed by atoms with Gasteiger partial charge in [-0.3, -0.25) is 0 Å². The van der Waals surface area contributed by atoms with E-state index in [2.05, 4.69) is 36.1 Å². The summed E-state index contributed by atoms with van der Waals surface area (Å²) in [4.78, 5) is 7.37. The predicted octanol–water partition coefficient (Wildman–Crippen LogP) is 4.48. The summed E-state index contributed by atoms with van der Waals surface area (Å²) in [5.74, 6) is 0. The van der Waals surface area contributed by atoms with Crippen LogP contribution >= 0.6 is 0 Å². The predicted molar refractivity (Wildman–Crippen MR) is 85.5 cm³/mol. The molecule has 3 heterocycles. The zero-order valence-corrected chi connectivity index (χ0v) is 12.1. The summed E-state index contributed by atoms with van der Waals surface area (Å²) >= 11 is 0. The Hall–Kier alpha value is -2.29. The van der Waals surface area contributed by atoms with E-state index in [1.54, 1.807) is 12.5 Å². The normalized spacial score (nSPS) is 18.5. The van der Waals surface area contributed by atoms with Crippen molar-refractivity contribution in [1.82, 2.24) is 4.98 Å². The van der Waals surface area contributed by atoms with E-state index in [1.165, 1.54) is 23.9 Å². The molecule has 1 aromatic carbocycles. The standard InChI is InChI=1S/C18H18N2O/c1-13-5-4-9-20(13)17-11-14-6-2-3-7-16(14)19-18(17)15-8-10-21-12-15/h2-3,6-8,10-13H,4-5,9H2,1H3/t13-/m0/s1. The van der Waals surface area contributed by atoms with Crippen molar-refractivity contribution >= 4 is 16.6 Å². The second-order valence-electron chi connectivity index (χ2n) is 5.75. The van der Waals surface area contributed by atoms with Gasteiger partial charge in [0.2, 0.25) is 0 Å². The molecule has 1 fully saturated rings. The lowest BCUT2D eigenvalue weighted by Gasteiger charge is -2.26. The molecule has 2 aromatic heterocycles. The number of furan rings is 1. The van der Waals surface area contributed by atoms with Gasteiger partial charge in [0, 0.05) is 23.5 Å². The van der Waals surface area contributed by atoms with Crippen LogP contribution in [0.1, 0.15) is 19.8 Å². The summed E-state index contributed by atoms with van der Waals surface area (Å²) < 4.78 is 5.27. The van der Waals surface area contributed by atoms with Crippen LogP contribution in [-0.4, -0.2) is 17.6 Å². The van der Waals surface area contributed by atoms with Gasteiger partial charge >= 0.3 is 0 Å². The Bertz CT molecular complexity index is 764.